The van der Waals surface area contributed by atoms with Crippen LogP contribution in [0.1, 0.15) is 44.9 Å². The fourth-order valence-electron chi connectivity index (χ4n) is 2.37. The summed E-state index contributed by atoms with van der Waals surface area (Å²) in [6.07, 6.45) is 6.54. The zero-order valence-electron chi connectivity index (χ0n) is 10.8. The summed E-state index contributed by atoms with van der Waals surface area (Å²) < 4.78 is 4.85. The van der Waals surface area contributed by atoms with Crippen LogP contribution in [0.5, 0.6) is 0 Å². The second kappa shape index (κ2) is 6.47. The molecule has 1 heterocycles. The number of nitrogens with zero attached hydrogens (tertiary/aromatic N) is 4. The predicted octanol–water partition coefficient (Wildman–Crippen LogP) is 1.36. The Labute approximate surface area is 107 Å². The molecule has 18 heavy (non-hydrogen) atoms. The molecule has 2 rings (SSSR count). The van der Waals surface area contributed by atoms with Crippen LogP contribution < -0.4 is 0 Å². The first-order valence-electron chi connectivity index (χ1n) is 6.70. The van der Waals surface area contributed by atoms with Crippen molar-refractivity contribution in [2.24, 2.45) is 5.92 Å². The van der Waals surface area contributed by atoms with Crippen molar-refractivity contribution < 1.29 is 9.53 Å². The zero-order chi connectivity index (χ0) is 12.8. The number of hydrogen-bond acceptors (Lipinski definition) is 5. The van der Waals surface area contributed by atoms with Gasteiger partial charge in [-0.1, -0.05) is 19.3 Å². The van der Waals surface area contributed by atoms with E-state index in [4.69, 9.17) is 4.74 Å². The number of tetrazole rings is 1. The van der Waals surface area contributed by atoms with E-state index in [2.05, 4.69) is 15.4 Å². The molecule has 100 valence electrons. The molecule has 0 amide bonds. The highest BCUT2D eigenvalue weighted by Gasteiger charge is 2.16. The third-order valence-electron chi connectivity index (χ3n) is 3.25. The van der Waals surface area contributed by atoms with Gasteiger partial charge in [0.1, 0.15) is 6.42 Å². The van der Waals surface area contributed by atoms with Crippen LogP contribution >= 0.6 is 0 Å². The Hall–Kier alpha value is -1.46. The van der Waals surface area contributed by atoms with Gasteiger partial charge in [-0.05, 0) is 30.9 Å². The first-order chi connectivity index (χ1) is 8.78. The molecule has 1 saturated carbocycles. The van der Waals surface area contributed by atoms with E-state index < -0.39 is 0 Å². The molecule has 1 aromatic rings. The summed E-state index contributed by atoms with van der Waals surface area (Å²) >= 11 is 0. The first kappa shape index (κ1) is 13.0. The lowest BCUT2D eigenvalue weighted by Gasteiger charge is -2.20. The van der Waals surface area contributed by atoms with E-state index in [0.717, 1.165) is 6.54 Å². The maximum atomic E-state index is 11.3. The number of carbonyl (C=O) groups excluding carboxylic acids is 1. The van der Waals surface area contributed by atoms with Gasteiger partial charge in [-0.3, -0.25) is 4.79 Å². The number of rotatable bonds is 5. The highest BCUT2D eigenvalue weighted by molar-refractivity contribution is 5.71. The molecule has 0 spiro atoms. The van der Waals surface area contributed by atoms with Crippen LogP contribution in [-0.2, 0) is 22.5 Å². The van der Waals surface area contributed by atoms with Crippen LogP contribution in [0.3, 0.4) is 0 Å². The molecule has 0 unspecified atom stereocenters. The summed E-state index contributed by atoms with van der Waals surface area (Å²) in [5.74, 6) is 0.808. The Morgan fingerprint density at radius 3 is 2.89 bits per heavy atom. The predicted molar refractivity (Wildman–Crippen MR) is 64.7 cm³/mol. The normalized spacial score (nSPS) is 16.7. The van der Waals surface area contributed by atoms with Crippen molar-refractivity contribution in [1.82, 2.24) is 20.2 Å². The minimum atomic E-state index is -0.297. The van der Waals surface area contributed by atoms with Gasteiger partial charge in [-0.2, -0.15) is 4.80 Å². The van der Waals surface area contributed by atoms with Gasteiger partial charge in [0.15, 0.2) is 5.82 Å². The van der Waals surface area contributed by atoms with E-state index in [-0.39, 0.29) is 12.4 Å². The fraction of sp³-hybridized carbons (Fsp3) is 0.833. The minimum Gasteiger partial charge on any atom is -0.466 e. The van der Waals surface area contributed by atoms with Crippen molar-refractivity contribution in [3.05, 3.63) is 5.82 Å². The monoisotopic (exact) mass is 252 g/mol. The quantitative estimate of drug-likeness (QED) is 0.740. The number of hydrogen-bond donors (Lipinski definition) is 0. The SMILES string of the molecule is CCOC(=O)Cc1nnn(CC2CCCCC2)n1. The van der Waals surface area contributed by atoms with Crippen molar-refractivity contribution in [2.75, 3.05) is 6.61 Å². The van der Waals surface area contributed by atoms with Crippen LogP contribution in [0.15, 0.2) is 0 Å². The Kier molecular flexibility index (Phi) is 4.66. The molecular weight excluding hydrogens is 232 g/mol. The molecule has 6 nitrogen and oxygen atoms in total. The van der Waals surface area contributed by atoms with E-state index in [1.807, 2.05) is 0 Å². The van der Waals surface area contributed by atoms with Gasteiger partial charge in [0, 0.05) is 0 Å². The summed E-state index contributed by atoms with van der Waals surface area (Å²) in [6.45, 7) is 2.98. The maximum Gasteiger partial charge on any atom is 0.313 e. The van der Waals surface area contributed by atoms with E-state index in [9.17, 15) is 4.79 Å². The van der Waals surface area contributed by atoms with Gasteiger partial charge >= 0.3 is 5.97 Å². The Morgan fingerprint density at radius 2 is 2.17 bits per heavy atom. The lowest BCUT2D eigenvalue weighted by atomic mass is 9.89. The molecule has 1 fully saturated rings. The van der Waals surface area contributed by atoms with Gasteiger partial charge < -0.3 is 4.74 Å². The average molecular weight is 252 g/mol. The molecule has 0 aromatic carbocycles. The molecule has 0 saturated heterocycles. The highest BCUT2D eigenvalue weighted by Crippen LogP contribution is 2.24. The van der Waals surface area contributed by atoms with Crippen molar-refractivity contribution in [3.8, 4) is 0 Å². The van der Waals surface area contributed by atoms with E-state index in [1.165, 1.54) is 32.1 Å². The topological polar surface area (TPSA) is 69.9 Å². The second-order valence-electron chi connectivity index (χ2n) is 4.75. The largest absolute Gasteiger partial charge is 0.466 e. The van der Waals surface area contributed by atoms with Crippen LogP contribution in [0.25, 0.3) is 0 Å². The molecule has 1 aromatic heterocycles. The molecule has 0 aliphatic heterocycles. The lowest BCUT2D eigenvalue weighted by Crippen LogP contribution is -2.16. The van der Waals surface area contributed by atoms with Crippen LogP contribution in [-0.4, -0.2) is 32.8 Å². The van der Waals surface area contributed by atoms with Gasteiger partial charge in [-0.15, -0.1) is 10.2 Å². The van der Waals surface area contributed by atoms with Crippen LogP contribution in [0.2, 0.25) is 0 Å². The van der Waals surface area contributed by atoms with Crippen molar-refractivity contribution in [2.45, 2.75) is 52.0 Å². The number of aromatic nitrogens is 4. The van der Waals surface area contributed by atoms with Crippen LogP contribution in [0, 0.1) is 5.92 Å². The van der Waals surface area contributed by atoms with Crippen molar-refractivity contribution >= 4 is 5.97 Å². The molecule has 0 N–H and O–H groups in total. The van der Waals surface area contributed by atoms with Gasteiger partial charge in [0.05, 0.1) is 13.2 Å². The number of ether oxygens (including phenoxy) is 1. The molecular formula is C12H20N4O2. The third-order valence-corrected chi connectivity index (χ3v) is 3.25. The maximum absolute atomic E-state index is 11.3. The molecule has 0 atom stereocenters. The number of esters is 1. The fourth-order valence-corrected chi connectivity index (χ4v) is 2.37. The Bertz CT molecular complexity index is 385. The number of carbonyl (C=O) groups is 1. The summed E-state index contributed by atoms with van der Waals surface area (Å²) in [4.78, 5) is 12.9. The van der Waals surface area contributed by atoms with Gasteiger partial charge in [0.25, 0.3) is 0 Å². The summed E-state index contributed by atoms with van der Waals surface area (Å²) in [6, 6.07) is 0. The molecule has 6 heteroatoms. The standard InChI is InChI=1S/C12H20N4O2/c1-2-18-12(17)8-11-13-15-16(14-11)9-10-6-4-3-5-7-10/h10H,2-9H2,1H3. The first-order valence-corrected chi connectivity index (χ1v) is 6.70. The third kappa shape index (κ3) is 3.78. The Morgan fingerprint density at radius 1 is 1.39 bits per heavy atom. The average Bonchev–Trinajstić information content (AvgIpc) is 2.78. The van der Waals surface area contributed by atoms with Gasteiger partial charge in [0.2, 0.25) is 0 Å². The van der Waals surface area contributed by atoms with Gasteiger partial charge in [-0.25, -0.2) is 0 Å². The molecule has 1 aliphatic carbocycles. The summed E-state index contributed by atoms with van der Waals surface area (Å²) in [5, 5.41) is 12.1. The smallest absolute Gasteiger partial charge is 0.313 e. The van der Waals surface area contributed by atoms with Crippen molar-refractivity contribution in [1.29, 1.82) is 0 Å². The zero-order valence-corrected chi connectivity index (χ0v) is 10.8. The van der Waals surface area contributed by atoms with Crippen LogP contribution in [0.4, 0.5) is 0 Å². The van der Waals surface area contributed by atoms with E-state index >= 15 is 0 Å². The summed E-state index contributed by atoms with van der Waals surface area (Å²) in [7, 11) is 0. The summed E-state index contributed by atoms with van der Waals surface area (Å²) in [5.41, 5.74) is 0. The minimum absolute atomic E-state index is 0.110. The Balaban J connectivity index is 1.83. The van der Waals surface area contributed by atoms with E-state index in [1.54, 1.807) is 11.7 Å². The molecule has 0 radical (unpaired) electrons. The molecule has 0 bridgehead atoms. The van der Waals surface area contributed by atoms with Crippen molar-refractivity contribution in [3.63, 3.8) is 0 Å². The van der Waals surface area contributed by atoms with E-state index in [0.29, 0.717) is 18.3 Å². The highest BCUT2D eigenvalue weighted by atomic mass is 16.5. The lowest BCUT2D eigenvalue weighted by molar-refractivity contribution is -0.142. The second-order valence-corrected chi connectivity index (χ2v) is 4.75. The molecule has 1 aliphatic rings.